The number of ether oxygens (including phenoxy) is 2. The molecule has 0 saturated heterocycles. The highest BCUT2D eigenvalue weighted by molar-refractivity contribution is 5.90. The minimum Gasteiger partial charge on any atom is -0.486 e. The van der Waals surface area contributed by atoms with Gasteiger partial charge >= 0.3 is 0 Å². The lowest BCUT2D eigenvalue weighted by atomic mass is 10.2. The number of nitrogens with one attached hydrogen (secondary N) is 1. The lowest BCUT2D eigenvalue weighted by Gasteiger charge is -2.19. The van der Waals surface area contributed by atoms with E-state index in [1.165, 1.54) is 17.0 Å². The Balaban J connectivity index is 1.70. The van der Waals surface area contributed by atoms with Crippen LogP contribution in [0.1, 0.15) is 5.69 Å². The predicted molar refractivity (Wildman–Crippen MR) is 79.3 cm³/mol. The van der Waals surface area contributed by atoms with Gasteiger partial charge in [0.2, 0.25) is 5.91 Å². The van der Waals surface area contributed by atoms with Gasteiger partial charge in [0, 0.05) is 23.5 Å². The van der Waals surface area contributed by atoms with Crippen molar-refractivity contribution < 1.29 is 14.3 Å². The van der Waals surface area contributed by atoms with Crippen LogP contribution in [0.4, 0.5) is 5.69 Å². The first kappa shape index (κ1) is 14.1. The lowest BCUT2D eigenvalue weighted by Crippen LogP contribution is -2.27. The summed E-state index contributed by atoms with van der Waals surface area (Å²) < 4.78 is 12.1. The Morgan fingerprint density at radius 2 is 2.05 bits per heavy atom. The van der Waals surface area contributed by atoms with Crippen molar-refractivity contribution in [2.45, 2.75) is 13.5 Å². The van der Waals surface area contributed by atoms with Crippen LogP contribution in [0.5, 0.6) is 11.5 Å². The molecule has 1 aliphatic heterocycles. The fourth-order valence-electron chi connectivity index (χ4n) is 2.11. The summed E-state index contributed by atoms with van der Waals surface area (Å²) in [5.41, 5.74) is 0.945. The smallest absolute Gasteiger partial charge is 0.253 e. The SMILES string of the molecule is Cc1cc(=O)n(CC(=O)Nc2ccc3c(c2)OCCO3)cn1. The van der Waals surface area contributed by atoms with Crippen LogP contribution in [0, 0.1) is 6.92 Å². The Morgan fingerprint density at radius 3 is 2.82 bits per heavy atom. The van der Waals surface area contributed by atoms with E-state index >= 15 is 0 Å². The largest absolute Gasteiger partial charge is 0.486 e. The van der Waals surface area contributed by atoms with Gasteiger partial charge in [-0.2, -0.15) is 0 Å². The van der Waals surface area contributed by atoms with Crippen LogP contribution in [0.25, 0.3) is 0 Å². The van der Waals surface area contributed by atoms with Crippen molar-refractivity contribution in [3.63, 3.8) is 0 Å². The predicted octanol–water partition coefficient (Wildman–Crippen LogP) is 0.962. The van der Waals surface area contributed by atoms with E-state index in [0.717, 1.165) is 0 Å². The zero-order chi connectivity index (χ0) is 15.5. The fourth-order valence-corrected chi connectivity index (χ4v) is 2.11. The Bertz CT molecular complexity index is 770. The molecule has 3 rings (SSSR count). The molecule has 1 amide bonds. The summed E-state index contributed by atoms with van der Waals surface area (Å²) in [5, 5.41) is 2.72. The maximum atomic E-state index is 12.0. The molecular weight excluding hydrogens is 286 g/mol. The molecule has 0 fully saturated rings. The number of aryl methyl sites for hydroxylation is 1. The minimum atomic E-state index is -0.315. The Kier molecular flexibility index (Phi) is 3.78. The van der Waals surface area contributed by atoms with E-state index in [1.54, 1.807) is 25.1 Å². The molecule has 2 heterocycles. The molecular formula is C15H15N3O4. The Labute approximate surface area is 126 Å². The van der Waals surface area contributed by atoms with Gasteiger partial charge in [0.1, 0.15) is 19.8 Å². The number of fused-ring (bicyclic) bond motifs is 1. The molecule has 0 unspecified atom stereocenters. The van der Waals surface area contributed by atoms with Crippen molar-refractivity contribution in [2.24, 2.45) is 0 Å². The summed E-state index contributed by atoms with van der Waals surface area (Å²) >= 11 is 0. The average Bonchev–Trinajstić information content (AvgIpc) is 2.50. The number of benzene rings is 1. The molecule has 1 aliphatic rings. The Morgan fingerprint density at radius 1 is 1.27 bits per heavy atom. The summed E-state index contributed by atoms with van der Waals surface area (Å²) in [4.78, 5) is 27.7. The number of nitrogens with zero attached hydrogens (tertiary/aromatic N) is 2. The third-order valence-corrected chi connectivity index (χ3v) is 3.16. The standard InChI is InChI=1S/C15H15N3O4/c1-10-6-15(20)18(9-16-10)8-14(19)17-11-2-3-12-13(7-11)22-5-4-21-12/h2-3,6-7,9H,4-5,8H2,1H3,(H,17,19). The maximum absolute atomic E-state index is 12.0. The van der Waals surface area contributed by atoms with Crippen molar-refractivity contribution in [3.05, 3.63) is 46.6 Å². The maximum Gasteiger partial charge on any atom is 0.253 e. The van der Waals surface area contributed by atoms with E-state index in [1.807, 2.05) is 0 Å². The zero-order valence-corrected chi connectivity index (χ0v) is 12.0. The van der Waals surface area contributed by atoms with Gasteiger partial charge in [-0.1, -0.05) is 0 Å². The number of aromatic nitrogens is 2. The summed E-state index contributed by atoms with van der Waals surface area (Å²) in [6, 6.07) is 6.55. The molecule has 2 aromatic rings. The number of anilines is 1. The second kappa shape index (κ2) is 5.88. The third-order valence-electron chi connectivity index (χ3n) is 3.16. The number of carbonyl (C=O) groups excluding carboxylic acids is 1. The number of hydrogen-bond donors (Lipinski definition) is 1. The highest BCUT2D eigenvalue weighted by Crippen LogP contribution is 2.32. The van der Waals surface area contributed by atoms with Gasteiger partial charge < -0.3 is 14.8 Å². The molecule has 114 valence electrons. The zero-order valence-electron chi connectivity index (χ0n) is 12.0. The van der Waals surface area contributed by atoms with Gasteiger partial charge in [-0.25, -0.2) is 4.98 Å². The summed E-state index contributed by atoms with van der Waals surface area (Å²) in [5.74, 6) is 0.936. The second-order valence-electron chi connectivity index (χ2n) is 4.90. The minimum absolute atomic E-state index is 0.0967. The normalized spacial score (nSPS) is 12.8. The molecule has 7 heteroatoms. The van der Waals surface area contributed by atoms with E-state index in [0.29, 0.717) is 36.1 Å². The van der Waals surface area contributed by atoms with Crippen LogP contribution in [0.2, 0.25) is 0 Å². The molecule has 0 spiro atoms. The van der Waals surface area contributed by atoms with Crippen LogP contribution in [0.15, 0.2) is 35.4 Å². The summed E-state index contributed by atoms with van der Waals surface area (Å²) in [7, 11) is 0. The van der Waals surface area contributed by atoms with Crippen LogP contribution in [-0.4, -0.2) is 28.7 Å². The highest BCUT2D eigenvalue weighted by atomic mass is 16.6. The van der Waals surface area contributed by atoms with Gasteiger partial charge in [0.05, 0.1) is 6.33 Å². The first-order valence-corrected chi connectivity index (χ1v) is 6.84. The molecule has 22 heavy (non-hydrogen) atoms. The van der Waals surface area contributed by atoms with E-state index in [9.17, 15) is 9.59 Å². The van der Waals surface area contributed by atoms with Crippen LogP contribution < -0.4 is 20.3 Å². The summed E-state index contributed by atoms with van der Waals surface area (Å²) in [6.07, 6.45) is 1.36. The van der Waals surface area contributed by atoms with Crippen molar-refractivity contribution in [1.29, 1.82) is 0 Å². The van der Waals surface area contributed by atoms with Crippen LogP contribution in [0.3, 0.4) is 0 Å². The lowest BCUT2D eigenvalue weighted by molar-refractivity contribution is -0.116. The van der Waals surface area contributed by atoms with Crippen LogP contribution >= 0.6 is 0 Å². The van der Waals surface area contributed by atoms with Crippen molar-refractivity contribution in [3.8, 4) is 11.5 Å². The average molecular weight is 301 g/mol. The van der Waals surface area contributed by atoms with Crippen molar-refractivity contribution in [2.75, 3.05) is 18.5 Å². The molecule has 7 nitrogen and oxygen atoms in total. The van der Waals surface area contributed by atoms with Crippen LogP contribution in [-0.2, 0) is 11.3 Å². The molecule has 1 aromatic carbocycles. The quantitative estimate of drug-likeness (QED) is 0.913. The van der Waals surface area contributed by atoms with Gasteiger partial charge in [0.15, 0.2) is 11.5 Å². The third kappa shape index (κ3) is 3.08. The van der Waals surface area contributed by atoms with E-state index in [2.05, 4.69) is 10.3 Å². The van der Waals surface area contributed by atoms with Gasteiger partial charge in [-0.05, 0) is 19.1 Å². The monoisotopic (exact) mass is 301 g/mol. The topological polar surface area (TPSA) is 82.5 Å². The molecule has 0 radical (unpaired) electrons. The fraction of sp³-hybridized carbons (Fsp3) is 0.267. The number of carbonyl (C=O) groups is 1. The molecule has 0 saturated carbocycles. The van der Waals surface area contributed by atoms with Gasteiger partial charge in [-0.15, -0.1) is 0 Å². The summed E-state index contributed by atoms with van der Waals surface area (Å²) in [6.45, 7) is 2.62. The molecule has 0 bridgehead atoms. The first-order valence-electron chi connectivity index (χ1n) is 6.84. The molecule has 1 N–H and O–H groups in total. The highest BCUT2D eigenvalue weighted by Gasteiger charge is 2.13. The van der Waals surface area contributed by atoms with Gasteiger partial charge in [0.25, 0.3) is 5.56 Å². The molecule has 1 aromatic heterocycles. The number of rotatable bonds is 3. The Hall–Kier alpha value is -2.83. The number of hydrogen-bond acceptors (Lipinski definition) is 5. The number of amides is 1. The van der Waals surface area contributed by atoms with Crippen molar-refractivity contribution in [1.82, 2.24) is 9.55 Å². The van der Waals surface area contributed by atoms with E-state index < -0.39 is 0 Å². The first-order chi connectivity index (χ1) is 10.6. The molecule has 0 atom stereocenters. The van der Waals surface area contributed by atoms with Gasteiger partial charge in [-0.3, -0.25) is 14.2 Å². The molecule has 0 aliphatic carbocycles. The second-order valence-corrected chi connectivity index (χ2v) is 4.90. The van der Waals surface area contributed by atoms with E-state index in [4.69, 9.17) is 9.47 Å². The van der Waals surface area contributed by atoms with Crippen molar-refractivity contribution >= 4 is 11.6 Å². The van der Waals surface area contributed by atoms with E-state index in [-0.39, 0.29) is 18.0 Å².